The number of nitrogens with zero attached hydrogens (tertiary/aromatic N) is 2. The van der Waals surface area contributed by atoms with Crippen molar-refractivity contribution in [1.82, 2.24) is 14.5 Å². The summed E-state index contributed by atoms with van der Waals surface area (Å²) in [6.07, 6.45) is 0. The summed E-state index contributed by atoms with van der Waals surface area (Å²) >= 11 is 0. The van der Waals surface area contributed by atoms with Gasteiger partial charge >= 0.3 is 0 Å². The molecule has 0 radical (unpaired) electrons. The van der Waals surface area contributed by atoms with Gasteiger partial charge < -0.3 is 5.32 Å². The number of hydrogen-bond donors (Lipinski definition) is 1. The van der Waals surface area contributed by atoms with Gasteiger partial charge in [-0.05, 0) is 5.92 Å². The molecular weight excluding hydrogens is 250 g/mol. The fourth-order valence-electron chi connectivity index (χ4n) is 2.15. The maximum atomic E-state index is 12.2. The molecular formula is C12H27N3O2S. The van der Waals surface area contributed by atoms with Crippen molar-refractivity contribution in [2.24, 2.45) is 5.92 Å². The van der Waals surface area contributed by atoms with Crippen LogP contribution in [-0.2, 0) is 10.0 Å². The summed E-state index contributed by atoms with van der Waals surface area (Å²) in [6, 6.07) is 0. The van der Waals surface area contributed by atoms with Gasteiger partial charge in [0.15, 0.2) is 0 Å². The molecule has 1 aliphatic heterocycles. The topological polar surface area (TPSA) is 52.7 Å². The van der Waals surface area contributed by atoms with E-state index < -0.39 is 10.0 Å². The molecule has 0 spiro atoms. The van der Waals surface area contributed by atoms with E-state index in [0.29, 0.717) is 25.6 Å². The van der Waals surface area contributed by atoms with Crippen molar-refractivity contribution in [2.75, 3.05) is 51.6 Å². The number of nitrogens with one attached hydrogen (secondary N) is 1. The Labute approximate surface area is 112 Å². The van der Waals surface area contributed by atoms with E-state index in [1.165, 1.54) is 0 Å². The molecule has 6 heteroatoms. The summed E-state index contributed by atoms with van der Waals surface area (Å²) in [5, 5.41) is 3.27. The highest BCUT2D eigenvalue weighted by Gasteiger charge is 2.22. The highest BCUT2D eigenvalue weighted by molar-refractivity contribution is 7.89. The van der Waals surface area contributed by atoms with E-state index in [1.54, 1.807) is 4.31 Å². The maximum absolute atomic E-state index is 12.2. The monoisotopic (exact) mass is 277 g/mol. The fourth-order valence-corrected chi connectivity index (χ4v) is 3.82. The van der Waals surface area contributed by atoms with E-state index in [2.05, 4.69) is 24.1 Å². The van der Waals surface area contributed by atoms with Crippen molar-refractivity contribution < 1.29 is 8.42 Å². The fraction of sp³-hybridized carbons (Fsp3) is 1.00. The predicted molar refractivity (Wildman–Crippen MR) is 75.2 cm³/mol. The van der Waals surface area contributed by atoms with Gasteiger partial charge in [-0.25, -0.2) is 12.7 Å². The van der Waals surface area contributed by atoms with Gasteiger partial charge in [0.1, 0.15) is 0 Å². The third kappa shape index (κ3) is 5.22. The van der Waals surface area contributed by atoms with Crippen molar-refractivity contribution in [2.45, 2.75) is 20.8 Å². The minimum atomic E-state index is -3.10. The minimum Gasteiger partial charge on any atom is -0.314 e. The Hall–Kier alpha value is -0.170. The van der Waals surface area contributed by atoms with Gasteiger partial charge in [0.25, 0.3) is 0 Å². The van der Waals surface area contributed by atoms with Gasteiger partial charge in [0.05, 0.1) is 5.75 Å². The van der Waals surface area contributed by atoms with Crippen LogP contribution in [0.4, 0.5) is 0 Å². The first-order valence-electron chi connectivity index (χ1n) is 6.86. The molecule has 5 nitrogen and oxygen atoms in total. The Bertz CT molecular complexity index is 324. The highest BCUT2D eigenvalue weighted by atomic mass is 32.2. The van der Waals surface area contributed by atoms with Crippen LogP contribution in [0.1, 0.15) is 20.8 Å². The van der Waals surface area contributed by atoms with Gasteiger partial charge in [-0.15, -0.1) is 0 Å². The largest absolute Gasteiger partial charge is 0.314 e. The van der Waals surface area contributed by atoms with E-state index in [0.717, 1.165) is 26.2 Å². The predicted octanol–water partition coefficient (Wildman–Crippen LogP) is 0.199. The molecule has 1 fully saturated rings. The zero-order valence-corrected chi connectivity index (χ0v) is 12.7. The van der Waals surface area contributed by atoms with Crippen LogP contribution in [0.5, 0.6) is 0 Å². The molecule has 18 heavy (non-hydrogen) atoms. The zero-order valence-electron chi connectivity index (χ0n) is 11.9. The molecule has 1 saturated heterocycles. The van der Waals surface area contributed by atoms with E-state index in [1.807, 2.05) is 6.92 Å². The lowest BCUT2D eigenvalue weighted by Crippen LogP contribution is -2.46. The Kier molecular flexibility index (Phi) is 6.55. The molecule has 0 bridgehead atoms. The summed E-state index contributed by atoms with van der Waals surface area (Å²) in [5.74, 6) is 0.618. The quantitative estimate of drug-likeness (QED) is 0.722. The second-order valence-corrected chi connectivity index (χ2v) is 7.34. The third-order valence-electron chi connectivity index (χ3n) is 3.19. The van der Waals surface area contributed by atoms with Crippen molar-refractivity contribution in [1.29, 1.82) is 0 Å². The molecule has 108 valence electrons. The molecule has 0 aromatic heterocycles. The van der Waals surface area contributed by atoms with Crippen molar-refractivity contribution in [3.63, 3.8) is 0 Å². The van der Waals surface area contributed by atoms with Crippen LogP contribution in [-0.4, -0.2) is 69.2 Å². The average molecular weight is 277 g/mol. The lowest BCUT2D eigenvalue weighted by Gasteiger charge is -2.28. The van der Waals surface area contributed by atoms with E-state index >= 15 is 0 Å². The number of sulfonamides is 1. The molecule has 0 unspecified atom stereocenters. The number of rotatable bonds is 7. The van der Waals surface area contributed by atoms with E-state index in [-0.39, 0.29) is 5.75 Å². The minimum absolute atomic E-state index is 0.244. The first kappa shape index (κ1) is 15.9. The van der Waals surface area contributed by atoms with Crippen LogP contribution in [0, 0.1) is 5.92 Å². The van der Waals surface area contributed by atoms with Gasteiger partial charge in [0, 0.05) is 45.8 Å². The molecule has 0 saturated carbocycles. The van der Waals surface area contributed by atoms with Crippen LogP contribution >= 0.6 is 0 Å². The molecule has 1 rings (SSSR count). The number of piperazine rings is 1. The van der Waals surface area contributed by atoms with Crippen LogP contribution in [0.25, 0.3) is 0 Å². The lowest BCUT2D eigenvalue weighted by molar-refractivity contribution is 0.252. The zero-order chi connectivity index (χ0) is 13.6. The van der Waals surface area contributed by atoms with Crippen LogP contribution in [0.2, 0.25) is 0 Å². The molecule has 0 aromatic rings. The summed E-state index contributed by atoms with van der Waals surface area (Å²) in [5.41, 5.74) is 0. The SMILES string of the molecule is CCN(CC(C)C)S(=O)(=O)CCN1CCNCC1. The Morgan fingerprint density at radius 1 is 1.28 bits per heavy atom. The molecule has 0 amide bonds. The molecule has 0 atom stereocenters. The molecule has 1 aliphatic rings. The average Bonchev–Trinajstić information content (AvgIpc) is 2.34. The lowest BCUT2D eigenvalue weighted by atomic mass is 10.2. The normalized spacial score (nSPS) is 18.7. The van der Waals surface area contributed by atoms with Crippen molar-refractivity contribution in [3.8, 4) is 0 Å². The summed E-state index contributed by atoms with van der Waals surface area (Å²) in [6.45, 7) is 11.7. The molecule has 1 heterocycles. The van der Waals surface area contributed by atoms with Crippen LogP contribution in [0.15, 0.2) is 0 Å². The second kappa shape index (κ2) is 7.43. The Morgan fingerprint density at radius 2 is 1.89 bits per heavy atom. The van der Waals surface area contributed by atoms with Crippen LogP contribution < -0.4 is 5.32 Å². The smallest absolute Gasteiger partial charge is 0.215 e. The maximum Gasteiger partial charge on any atom is 0.215 e. The van der Waals surface area contributed by atoms with Gasteiger partial charge in [-0.1, -0.05) is 20.8 Å². The van der Waals surface area contributed by atoms with Gasteiger partial charge in [-0.2, -0.15) is 0 Å². The Morgan fingerprint density at radius 3 is 2.39 bits per heavy atom. The number of hydrogen-bond acceptors (Lipinski definition) is 4. The van der Waals surface area contributed by atoms with Gasteiger partial charge in [-0.3, -0.25) is 4.90 Å². The summed E-state index contributed by atoms with van der Waals surface area (Å²) in [7, 11) is -3.10. The summed E-state index contributed by atoms with van der Waals surface area (Å²) < 4.78 is 26.1. The molecule has 0 aromatic carbocycles. The van der Waals surface area contributed by atoms with Gasteiger partial charge in [0.2, 0.25) is 10.0 Å². The molecule has 1 N–H and O–H groups in total. The van der Waals surface area contributed by atoms with Crippen molar-refractivity contribution >= 4 is 10.0 Å². The summed E-state index contributed by atoms with van der Waals surface area (Å²) in [4.78, 5) is 2.22. The second-order valence-electron chi connectivity index (χ2n) is 5.25. The molecule has 0 aliphatic carbocycles. The van der Waals surface area contributed by atoms with Crippen molar-refractivity contribution in [3.05, 3.63) is 0 Å². The van der Waals surface area contributed by atoms with Crippen LogP contribution in [0.3, 0.4) is 0 Å². The van der Waals surface area contributed by atoms with E-state index in [4.69, 9.17) is 0 Å². The standard InChI is InChI=1S/C12H27N3O2S/c1-4-15(11-12(2)3)18(16,17)10-9-14-7-5-13-6-8-14/h12-13H,4-11H2,1-3H3. The van der Waals surface area contributed by atoms with E-state index in [9.17, 15) is 8.42 Å². The first-order chi connectivity index (χ1) is 8.45. The Balaban J connectivity index is 2.46. The highest BCUT2D eigenvalue weighted by Crippen LogP contribution is 2.07. The first-order valence-corrected chi connectivity index (χ1v) is 8.47. The third-order valence-corrected chi connectivity index (χ3v) is 5.08.